The van der Waals surface area contributed by atoms with Gasteiger partial charge in [-0.2, -0.15) is 5.10 Å². The lowest BCUT2D eigenvalue weighted by atomic mass is 10.2. The third-order valence-electron chi connectivity index (χ3n) is 3.59. The molecular formula is C15H17N3O2. The van der Waals surface area contributed by atoms with Crippen LogP contribution in [0.2, 0.25) is 0 Å². The highest BCUT2D eigenvalue weighted by atomic mass is 16.5. The number of nitrogens with zero attached hydrogens (tertiary/aromatic N) is 3. The fraction of sp³-hybridized carbons (Fsp3) is 0.333. The first-order valence-corrected chi connectivity index (χ1v) is 6.76. The molecule has 0 unspecified atom stereocenters. The number of carbonyl (C=O) groups is 1. The first kappa shape index (κ1) is 12.7. The van der Waals surface area contributed by atoms with Gasteiger partial charge in [-0.3, -0.25) is 0 Å². The summed E-state index contributed by atoms with van der Waals surface area (Å²) in [5, 5.41) is 4.18. The molecule has 2 heterocycles. The van der Waals surface area contributed by atoms with E-state index in [1.807, 2.05) is 12.1 Å². The Morgan fingerprint density at radius 2 is 1.80 bits per heavy atom. The lowest BCUT2D eigenvalue weighted by molar-refractivity contribution is 0.0600. The summed E-state index contributed by atoms with van der Waals surface area (Å²) in [4.78, 5) is 13.8. The summed E-state index contributed by atoms with van der Waals surface area (Å²) in [5.74, 6) is -0.370. The molecule has 1 aliphatic rings. The van der Waals surface area contributed by atoms with E-state index >= 15 is 0 Å². The van der Waals surface area contributed by atoms with Crippen molar-refractivity contribution >= 4 is 11.7 Å². The maximum absolute atomic E-state index is 11.4. The van der Waals surface area contributed by atoms with E-state index in [0.29, 0.717) is 5.56 Å². The van der Waals surface area contributed by atoms with Crippen molar-refractivity contribution in [2.45, 2.75) is 12.8 Å². The standard InChI is InChI=1S/C15H17N3O2/c1-20-15(19)12-10-16-18(11-12)14-6-4-13(5-7-14)17-8-2-3-9-17/h4-7,10-11H,2-3,8-9H2,1H3. The van der Waals surface area contributed by atoms with Crippen LogP contribution in [0.5, 0.6) is 0 Å². The van der Waals surface area contributed by atoms with Crippen LogP contribution in [0.1, 0.15) is 23.2 Å². The SMILES string of the molecule is COC(=O)c1cnn(-c2ccc(N3CCCC3)cc2)c1. The van der Waals surface area contributed by atoms with Gasteiger partial charge < -0.3 is 9.64 Å². The number of aromatic nitrogens is 2. The van der Waals surface area contributed by atoms with Gasteiger partial charge in [0, 0.05) is 25.0 Å². The van der Waals surface area contributed by atoms with E-state index in [0.717, 1.165) is 18.8 Å². The van der Waals surface area contributed by atoms with Crippen molar-refractivity contribution in [1.29, 1.82) is 0 Å². The summed E-state index contributed by atoms with van der Waals surface area (Å²) in [6.45, 7) is 2.27. The Bertz CT molecular complexity index is 598. The number of hydrogen-bond acceptors (Lipinski definition) is 4. The Balaban J connectivity index is 1.80. The molecule has 1 saturated heterocycles. The van der Waals surface area contributed by atoms with Gasteiger partial charge in [0.25, 0.3) is 0 Å². The Hall–Kier alpha value is -2.30. The molecule has 1 aromatic heterocycles. The van der Waals surface area contributed by atoms with Crippen molar-refractivity contribution < 1.29 is 9.53 Å². The zero-order valence-corrected chi connectivity index (χ0v) is 11.5. The van der Waals surface area contributed by atoms with Crippen LogP contribution in [0.4, 0.5) is 5.69 Å². The highest BCUT2D eigenvalue weighted by molar-refractivity contribution is 5.88. The molecule has 5 nitrogen and oxygen atoms in total. The third kappa shape index (κ3) is 2.39. The van der Waals surface area contributed by atoms with E-state index in [-0.39, 0.29) is 5.97 Å². The van der Waals surface area contributed by atoms with E-state index in [1.54, 1.807) is 10.9 Å². The Morgan fingerprint density at radius 1 is 1.15 bits per heavy atom. The van der Waals surface area contributed by atoms with Crippen LogP contribution in [-0.2, 0) is 4.74 Å². The van der Waals surface area contributed by atoms with Crippen molar-refractivity contribution in [3.63, 3.8) is 0 Å². The Kier molecular flexibility index (Phi) is 3.41. The quantitative estimate of drug-likeness (QED) is 0.803. The smallest absolute Gasteiger partial charge is 0.341 e. The highest BCUT2D eigenvalue weighted by Crippen LogP contribution is 2.21. The molecule has 0 aliphatic carbocycles. The first-order valence-electron chi connectivity index (χ1n) is 6.76. The van der Waals surface area contributed by atoms with Crippen LogP contribution in [0.25, 0.3) is 5.69 Å². The fourth-order valence-corrected chi connectivity index (χ4v) is 2.48. The predicted molar refractivity (Wildman–Crippen MR) is 76.4 cm³/mol. The zero-order chi connectivity index (χ0) is 13.9. The molecule has 1 aliphatic heterocycles. The van der Waals surface area contributed by atoms with Crippen LogP contribution in [0.15, 0.2) is 36.7 Å². The number of ether oxygens (including phenoxy) is 1. The maximum Gasteiger partial charge on any atom is 0.341 e. The van der Waals surface area contributed by atoms with Gasteiger partial charge in [0.2, 0.25) is 0 Å². The van der Waals surface area contributed by atoms with Crippen molar-refractivity contribution in [2.24, 2.45) is 0 Å². The van der Waals surface area contributed by atoms with Gasteiger partial charge in [-0.15, -0.1) is 0 Å². The molecule has 0 atom stereocenters. The molecule has 0 spiro atoms. The number of rotatable bonds is 3. The molecule has 1 fully saturated rings. The van der Waals surface area contributed by atoms with Gasteiger partial charge >= 0.3 is 5.97 Å². The van der Waals surface area contributed by atoms with Gasteiger partial charge in [-0.1, -0.05) is 0 Å². The van der Waals surface area contributed by atoms with Gasteiger partial charge in [0.1, 0.15) is 0 Å². The molecule has 0 N–H and O–H groups in total. The average molecular weight is 271 g/mol. The number of hydrogen-bond donors (Lipinski definition) is 0. The monoisotopic (exact) mass is 271 g/mol. The Morgan fingerprint density at radius 3 is 2.45 bits per heavy atom. The van der Waals surface area contributed by atoms with Crippen molar-refractivity contribution in [1.82, 2.24) is 9.78 Å². The molecule has 20 heavy (non-hydrogen) atoms. The maximum atomic E-state index is 11.4. The fourth-order valence-electron chi connectivity index (χ4n) is 2.48. The minimum Gasteiger partial charge on any atom is -0.465 e. The molecule has 3 rings (SSSR count). The molecule has 0 saturated carbocycles. The van der Waals surface area contributed by atoms with Crippen molar-refractivity contribution in [3.05, 3.63) is 42.2 Å². The molecule has 1 aromatic carbocycles. The second-order valence-corrected chi connectivity index (χ2v) is 4.88. The first-order chi connectivity index (χ1) is 9.78. The summed E-state index contributed by atoms with van der Waals surface area (Å²) in [5.41, 5.74) is 2.63. The van der Waals surface area contributed by atoms with Gasteiger partial charge in [0.05, 0.1) is 24.6 Å². The van der Waals surface area contributed by atoms with E-state index in [2.05, 4.69) is 26.9 Å². The summed E-state index contributed by atoms with van der Waals surface area (Å²) >= 11 is 0. The summed E-state index contributed by atoms with van der Waals surface area (Å²) in [6, 6.07) is 8.23. The molecule has 0 radical (unpaired) electrons. The van der Waals surface area contributed by atoms with Crippen molar-refractivity contribution in [2.75, 3.05) is 25.1 Å². The molecule has 0 bridgehead atoms. The van der Waals surface area contributed by atoms with E-state index in [4.69, 9.17) is 0 Å². The Labute approximate surface area is 117 Å². The lowest BCUT2D eigenvalue weighted by Gasteiger charge is -2.17. The number of methoxy groups -OCH3 is 1. The zero-order valence-electron chi connectivity index (χ0n) is 11.5. The van der Waals surface area contributed by atoms with Crippen LogP contribution in [0.3, 0.4) is 0 Å². The lowest BCUT2D eigenvalue weighted by Crippen LogP contribution is -2.17. The van der Waals surface area contributed by atoms with Crippen LogP contribution in [0, 0.1) is 0 Å². The van der Waals surface area contributed by atoms with Crippen LogP contribution in [-0.4, -0.2) is 35.9 Å². The molecule has 2 aromatic rings. The minimum absolute atomic E-state index is 0.370. The predicted octanol–water partition coefficient (Wildman–Crippen LogP) is 2.26. The molecule has 104 valence electrons. The summed E-state index contributed by atoms with van der Waals surface area (Å²) < 4.78 is 6.35. The minimum atomic E-state index is -0.370. The van der Waals surface area contributed by atoms with Crippen LogP contribution >= 0.6 is 0 Å². The second-order valence-electron chi connectivity index (χ2n) is 4.88. The summed E-state index contributed by atoms with van der Waals surface area (Å²) in [6.07, 6.45) is 5.73. The van der Waals surface area contributed by atoms with Gasteiger partial charge in [-0.05, 0) is 37.1 Å². The molecule has 0 amide bonds. The topological polar surface area (TPSA) is 47.4 Å². The highest BCUT2D eigenvalue weighted by Gasteiger charge is 2.13. The molecular weight excluding hydrogens is 254 g/mol. The third-order valence-corrected chi connectivity index (χ3v) is 3.59. The van der Waals surface area contributed by atoms with E-state index in [9.17, 15) is 4.79 Å². The molecule has 5 heteroatoms. The van der Waals surface area contributed by atoms with Crippen molar-refractivity contribution in [3.8, 4) is 5.69 Å². The normalized spacial score (nSPS) is 14.6. The summed E-state index contributed by atoms with van der Waals surface area (Å²) in [7, 11) is 1.37. The largest absolute Gasteiger partial charge is 0.465 e. The van der Waals surface area contributed by atoms with Gasteiger partial charge in [-0.25, -0.2) is 9.48 Å². The number of benzene rings is 1. The number of esters is 1. The number of carbonyl (C=O) groups excluding carboxylic acids is 1. The average Bonchev–Trinajstić information content (AvgIpc) is 3.18. The number of anilines is 1. The van der Waals surface area contributed by atoms with Crippen LogP contribution < -0.4 is 4.90 Å². The van der Waals surface area contributed by atoms with E-state index in [1.165, 1.54) is 31.8 Å². The second kappa shape index (κ2) is 5.36. The van der Waals surface area contributed by atoms with E-state index < -0.39 is 0 Å². The van der Waals surface area contributed by atoms with Gasteiger partial charge in [0.15, 0.2) is 0 Å².